The zero-order chi connectivity index (χ0) is 47.0. The monoisotopic (exact) mass is 903 g/mol. The van der Waals surface area contributed by atoms with Crippen LogP contribution in [0.3, 0.4) is 0 Å². The topological polar surface area (TPSA) is 167 Å². The third-order valence-electron chi connectivity index (χ3n) is 12.9. The molecule has 6 bridgehead atoms. The number of methoxy groups -OCH3 is 1. The lowest BCUT2D eigenvalue weighted by molar-refractivity contribution is -0.185. The maximum Gasteiger partial charge on any atom is 0.393 e. The van der Waals surface area contributed by atoms with Gasteiger partial charge in [0.1, 0.15) is 23.9 Å². The van der Waals surface area contributed by atoms with Crippen LogP contribution in [0.25, 0.3) is 33.3 Å². The number of nitrogens with one attached hydrogen (secondary N) is 3. The summed E-state index contributed by atoms with van der Waals surface area (Å²) in [5.41, 5.74) is 9.22. The zero-order valence-electron chi connectivity index (χ0n) is 38.1. The number of phenols is 1. The van der Waals surface area contributed by atoms with Gasteiger partial charge in [-0.2, -0.15) is 13.2 Å². The number of nitrogens with zero attached hydrogens (tertiary/aromatic N) is 4. The van der Waals surface area contributed by atoms with Crippen molar-refractivity contribution in [2.24, 2.45) is 23.2 Å². The number of ether oxygens (including phenoxy) is 2. The molecule has 3 amide bonds. The van der Waals surface area contributed by atoms with Gasteiger partial charge < -0.3 is 34.7 Å². The molecule has 0 saturated carbocycles. The highest BCUT2D eigenvalue weighted by Gasteiger charge is 2.51. The van der Waals surface area contributed by atoms with Gasteiger partial charge in [0, 0.05) is 81.0 Å². The zero-order valence-corrected chi connectivity index (χ0v) is 38.1. The Morgan fingerprint density at radius 2 is 1.88 bits per heavy atom. The van der Waals surface area contributed by atoms with E-state index < -0.39 is 77.7 Å². The number of aromatic hydroxyl groups is 1. The van der Waals surface area contributed by atoms with Crippen molar-refractivity contribution >= 4 is 34.6 Å². The number of amides is 3. The molecule has 3 aliphatic heterocycles. The summed E-state index contributed by atoms with van der Waals surface area (Å²) in [4.78, 5) is 62.1. The number of esters is 1. The molecule has 0 aliphatic carbocycles. The molecule has 350 valence electrons. The second-order valence-corrected chi connectivity index (χ2v) is 18.7. The lowest BCUT2D eigenvalue weighted by Crippen LogP contribution is -2.62. The van der Waals surface area contributed by atoms with E-state index in [0.29, 0.717) is 43.5 Å². The molecule has 7 rings (SSSR count). The molecule has 2 fully saturated rings. The first kappa shape index (κ1) is 47.4. The summed E-state index contributed by atoms with van der Waals surface area (Å²) in [6.07, 6.45) is 0.178. The molecule has 4 N–H and O–H groups in total. The average molecular weight is 904 g/mol. The van der Waals surface area contributed by atoms with E-state index in [-0.39, 0.29) is 31.9 Å². The highest BCUT2D eigenvalue weighted by molar-refractivity contribution is 5.96. The first-order valence-corrected chi connectivity index (χ1v) is 22.3. The van der Waals surface area contributed by atoms with Gasteiger partial charge in [0.25, 0.3) is 5.91 Å². The van der Waals surface area contributed by atoms with Crippen LogP contribution in [0.15, 0.2) is 54.9 Å². The van der Waals surface area contributed by atoms with E-state index in [1.165, 1.54) is 18.1 Å². The van der Waals surface area contributed by atoms with Gasteiger partial charge in [-0.15, -0.1) is 0 Å². The minimum absolute atomic E-state index is 0.0614. The summed E-state index contributed by atoms with van der Waals surface area (Å²) in [5.74, 6) is -6.68. The van der Waals surface area contributed by atoms with Crippen LogP contribution in [-0.4, -0.2) is 113 Å². The van der Waals surface area contributed by atoms with Crippen LogP contribution in [0.2, 0.25) is 0 Å². The van der Waals surface area contributed by atoms with Crippen LogP contribution in [0.1, 0.15) is 64.2 Å². The van der Waals surface area contributed by atoms with Gasteiger partial charge in [0.15, 0.2) is 0 Å². The van der Waals surface area contributed by atoms with E-state index >= 15 is 0 Å². The molecule has 65 heavy (non-hydrogen) atoms. The van der Waals surface area contributed by atoms with Gasteiger partial charge in [-0.25, -0.2) is 5.43 Å². The number of hydrogen-bond donors (Lipinski definition) is 4. The Kier molecular flexibility index (Phi) is 14.0. The molecule has 4 aromatic rings. The minimum Gasteiger partial charge on any atom is -0.508 e. The predicted molar refractivity (Wildman–Crippen MR) is 238 cm³/mol. The fourth-order valence-corrected chi connectivity index (χ4v) is 9.79. The fourth-order valence-electron chi connectivity index (χ4n) is 9.79. The standard InChI is InChI=1S/C48H60F3N7O7/c1-8-57-40-12-11-29-20-33(40)34(42(57)35-22-52-14-13-30(35)25-64-7)21-47(4,5)26-65-46(63)38-10-9-15-58(55-38)45(62)39(18-28-16-31(29)19-32(59)17-28)54-43(60)41(27(2)3)56(6)44(61)36-23-53-24-37(36)48(49,50)51/h11-14,16-17,19-20,22,27,36-39,41,53,55,59H,8-10,15,18,21,23-26H2,1-7H3,(H,54,60)/t36-,37+,38-,39-,41-/m0/s1. The van der Waals surface area contributed by atoms with Gasteiger partial charge in [-0.05, 0) is 90.3 Å². The Hall–Kier alpha value is -5.52. The number of benzene rings is 2. The number of rotatable bonds is 9. The fraction of sp³-hybridized carbons (Fsp3) is 0.521. The van der Waals surface area contributed by atoms with Crippen LogP contribution >= 0.6 is 0 Å². The van der Waals surface area contributed by atoms with Crippen LogP contribution in [0, 0.1) is 23.2 Å². The highest BCUT2D eigenvalue weighted by atomic mass is 19.4. The minimum atomic E-state index is -4.62. The first-order valence-electron chi connectivity index (χ1n) is 22.3. The van der Waals surface area contributed by atoms with Crippen LogP contribution < -0.4 is 16.1 Å². The van der Waals surface area contributed by atoms with Crippen LogP contribution in [0.5, 0.6) is 5.75 Å². The summed E-state index contributed by atoms with van der Waals surface area (Å²) >= 11 is 0. The van der Waals surface area contributed by atoms with Crippen LogP contribution in [0.4, 0.5) is 13.2 Å². The number of phenolic OH excluding ortho intramolecular Hbond substituents is 1. The third kappa shape index (κ3) is 10.0. The van der Waals surface area contributed by atoms with Crippen molar-refractivity contribution in [3.05, 3.63) is 71.5 Å². The van der Waals surface area contributed by atoms with E-state index in [1.54, 1.807) is 33.2 Å². The van der Waals surface area contributed by atoms with Crippen molar-refractivity contribution in [2.75, 3.05) is 40.4 Å². The molecule has 2 aromatic heterocycles. The molecule has 3 aliphatic rings. The number of pyridine rings is 1. The number of aromatic nitrogens is 2. The molecule has 14 nitrogen and oxygen atoms in total. The Labute approximate surface area is 377 Å². The molecular formula is C48H60F3N7O7. The first-order chi connectivity index (χ1) is 30.8. The van der Waals surface area contributed by atoms with E-state index in [0.717, 1.165) is 43.8 Å². The number of fused-ring (bicyclic) bond motifs is 6. The van der Waals surface area contributed by atoms with Crippen molar-refractivity contribution in [3.63, 3.8) is 0 Å². The van der Waals surface area contributed by atoms with Gasteiger partial charge >= 0.3 is 12.1 Å². The van der Waals surface area contributed by atoms with E-state index in [9.17, 15) is 37.5 Å². The van der Waals surface area contributed by atoms with Crippen molar-refractivity contribution in [2.45, 2.75) is 97.8 Å². The quantitative estimate of drug-likeness (QED) is 0.152. The lowest BCUT2D eigenvalue weighted by atomic mass is 9.84. The second kappa shape index (κ2) is 19.1. The number of alkyl halides is 3. The Bertz CT molecular complexity index is 2440. The molecular weight excluding hydrogens is 844 g/mol. The van der Waals surface area contributed by atoms with E-state index in [4.69, 9.17) is 9.47 Å². The molecule has 0 radical (unpaired) electrons. The normalized spacial score (nSPS) is 22.1. The number of cyclic esters (lactones) is 1. The maximum absolute atomic E-state index is 14.6. The molecule has 2 saturated heterocycles. The van der Waals surface area contributed by atoms with Crippen molar-refractivity contribution in [1.29, 1.82) is 0 Å². The second-order valence-electron chi connectivity index (χ2n) is 18.7. The molecule has 2 aromatic carbocycles. The number of likely N-dealkylation sites (N-methyl/N-ethyl adjacent to an activating group) is 1. The molecule has 5 atom stereocenters. The number of hydrogen-bond acceptors (Lipinski definition) is 10. The van der Waals surface area contributed by atoms with Crippen molar-refractivity contribution in [3.8, 4) is 28.1 Å². The number of carbonyl (C=O) groups excluding carboxylic acids is 4. The largest absolute Gasteiger partial charge is 0.508 e. The summed E-state index contributed by atoms with van der Waals surface area (Å²) in [6, 6.07) is 9.60. The van der Waals surface area contributed by atoms with Gasteiger partial charge in [-0.1, -0.05) is 39.8 Å². The Morgan fingerprint density at radius 3 is 2.58 bits per heavy atom. The molecule has 0 spiro atoms. The lowest BCUT2D eigenvalue weighted by Gasteiger charge is -2.37. The molecule has 5 heterocycles. The van der Waals surface area contributed by atoms with Crippen molar-refractivity contribution in [1.82, 2.24) is 35.5 Å². The van der Waals surface area contributed by atoms with Crippen LogP contribution in [-0.2, 0) is 54.6 Å². The summed E-state index contributed by atoms with van der Waals surface area (Å²) < 4.78 is 55.7. The average Bonchev–Trinajstić information content (AvgIpc) is 3.88. The van der Waals surface area contributed by atoms with E-state index in [1.807, 2.05) is 44.3 Å². The molecule has 0 unspecified atom stereocenters. The summed E-state index contributed by atoms with van der Waals surface area (Å²) in [6.45, 7) is 10.2. The van der Waals surface area contributed by atoms with Gasteiger partial charge in [-0.3, -0.25) is 29.2 Å². The number of carbonyl (C=O) groups is 4. The highest BCUT2D eigenvalue weighted by Crippen LogP contribution is 2.42. The van der Waals surface area contributed by atoms with E-state index in [2.05, 4.69) is 38.6 Å². The molecule has 17 heteroatoms. The third-order valence-corrected chi connectivity index (χ3v) is 12.9. The van der Waals surface area contributed by atoms with Crippen molar-refractivity contribution < 1.29 is 46.9 Å². The Morgan fingerprint density at radius 1 is 1.11 bits per heavy atom. The Balaban J connectivity index is 1.32. The van der Waals surface area contributed by atoms with Gasteiger partial charge in [0.05, 0.1) is 30.7 Å². The number of hydrazine groups is 1. The number of aryl methyl sites for hydroxylation is 1. The predicted octanol–water partition coefficient (Wildman–Crippen LogP) is 5.77. The number of halogens is 3. The van der Waals surface area contributed by atoms with Gasteiger partial charge in [0.2, 0.25) is 11.8 Å². The maximum atomic E-state index is 14.6. The smallest absolute Gasteiger partial charge is 0.393 e. The summed E-state index contributed by atoms with van der Waals surface area (Å²) in [7, 11) is 2.96. The SMILES string of the molecule is CCn1c(-c2cnccc2COC)c2c3cc(ccc31)-c1cc(O)cc(c1)C[C@H](NC(=O)[C@H](C(C)C)N(C)C(=O)[C@H]1CNC[C@H]1C(F)(F)F)C(=O)N1CCC[C@H](N1)C(=O)OCC(C)(C)C2. The summed E-state index contributed by atoms with van der Waals surface area (Å²) in [5, 5.41) is 19.0.